The van der Waals surface area contributed by atoms with E-state index >= 15 is 0 Å². The number of esters is 1. The van der Waals surface area contributed by atoms with Crippen molar-refractivity contribution >= 4 is 17.7 Å². The molecule has 16 heavy (non-hydrogen) atoms. The number of methoxy groups -OCH3 is 1. The van der Waals surface area contributed by atoms with Crippen LogP contribution in [0.3, 0.4) is 0 Å². The molecule has 1 rings (SSSR count). The SMILES string of the molecule is CCOc1cc(SC)c(F)c(C(=O)OC)c1. The standard InChI is InChI=1S/C11H13FO3S/c1-4-15-7-5-8(11(13)14-2)10(12)9(6-7)16-3/h5-6H,4H2,1-3H3. The third-order valence-electron chi connectivity index (χ3n) is 1.95. The van der Waals surface area contributed by atoms with Crippen molar-refractivity contribution < 1.29 is 18.7 Å². The van der Waals surface area contributed by atoms with Gasteiger partial charge in [0.05, 0.1) is 13.7 Å². The first kappa shape index (κ1) is 12.8. The monoisotopic (exact) mass is 244 g/mol. The second-order valence-corrected chi connectivity index (χ2v) is 3.76. The van der Waals surface area contributed by atoms with Crippen LogP contribution in [0.1, 0.15) is 17.3 Å². The number of rotatable bonds is 4. The van der Waals surface area contributed by atoms with Crippen LogP contribution in [0, 0.1) is 5.82 Å². The molecule has 0 unspecified atom stereocenters. The molecule has 0 amide bonds. The van der Waals surface area contributed by atoms with Crippen molar-refractivity contribution in [2.45, 2.75) is 11.8 Å². The van der Waals surface area contributed by atoms with Gasteiger partial charge in [-0.05, 0) is 25.3 Å². The minimum atomic E-state index is -0.700. The molecular formula is C11H13FO3S. The quantitative estimate of drug-likeness (QED) is 0.602. The number of carbonyl (C=O) groups excluding carboxylic acids is 1. The molecule has 0 aliphatic carbocycles. The van der Waals surface area contributed by atoms with Crippen molar-refractivity contribution in [2.75, 3.05) is 20.0 Å². The van der Waals surface area contributed by atoms with Crippen LogP contribution >= 0.6 is 11.8 Å². The summed E-state index contributed by atoms with van der Waals surface area (Å²) in [7, 11) is 1.22. The maximum absolute atomic E-state index is 13.8. The molecule has 5 heteroatoms. The number of halogens is 1. The maximum Gasteiger partial charge on any atom is 0.341 e. The molecule has 1 aromatic rings. The van der Waals surface area contributed by atoms with Gasteiger partial charge in [-0.15, -0.1) is 11.8 Å². The zero-order valence-corrected chi connectivity index (χ0v) is 10.2. The lowest BCUT2D eigenvalue weighted by molar-refractivity contribution is 0.0594. The lowest BCUT2D eigenvalue weighted by atomic mass is 10.2. The molecule has 0 saturated heterocycles. The van der Waals surface area contributed by atoms with Crippen LogP contribution in [-0.4, -0.2) is 25.9 Å². The second-order valence-electron chi connectivity index (χ2n) is 2.91. The van der Waals surface area contributed by atoms with Crippen molar-refractivity contribution in [3.05, 3.63) is 23.5 Å². The van der Waals surface area contributed by atoms with Crippen molar-refractivity contribution in [1.82, 2.24) is 0 Å². The highest BCUT2D eigenvalue weighted by atomic mass is 32.2. The van der Waals surface area contributed by atoms with Crippen LogP contribution in [0.5, 0.6) is 5.75 Å². The second kappa shape index (κ2) is 5.75. The molecule has 0 aromatic heterocycles. The third kappa shape index (κ3) is 2.66. The maximum atomic E-state index is 13.8. The summed E-state index contributed by atoms with van der Waals surface area (Å²) in [5.41, 5.74) is -0.0993. The van der Waals surface area contributed by atoms with Crippen LogP contribution in [0.2, 0.25) is 0 Å². The van der Waals surface area contributed by atoms with Gasteiger partial charge in [0.15, 0.2) is 5.82 Å². The highest BCUT2D eigenvalue weighted by Gasteiger charge is 2.17. The highest BCUT2D eigenvalue weighted by Crippen LogP contribution is 2.28. The molecule has 0 radical (unpaired) electrons. The van der Waals surface area contributed by atoms with Gasteiger partial charge < -0.3 is 9.47 Å². The van der Waals surface area contributed by atoms with Gasteiger partial charge in [0.1, 0.15) is 11.3 Å². The van der Waals surface area contributed by atoms with E-state index in [1.165, 1.54) is 24.9 Å². The Kier molecular flexibility index (Phi) is 4.61. The van der Waals surface area contributed by atoms with Crippen molar-refractivity contribution in [3.8, 4) is 5.75 Å². The van der Waals surface area contributed by atoms with Crippen LogP contribution in [0.25, 0.3) is 0 Å². The van der Waals surface area contributed by atoms with Gasteiger partial charge >= 0.3 is 5.97 Å². The molecule has 3 nitrogen and oxygen atoms in total. The number of benzene rings is 1. The van der Waals surface area contributed by atoms with Gasteiger partial charge in [-0.2, -0.15) is 0 Å². The summed E-state index contributed by atoms with van der Waals surface area (Å²) in [5.74, 6) is -0.800. The largest absolute Gasteiger partial charge is 0.494 e. The zero-order valence-electron chi connectivity index (χ0n) is 9.37. The van der Waals surface area contributed by atoms with E-state index in [0.717, 1.165) is 0 Å². The Hall–Kier alpha value is -1.23. The first-order chi connectivity index (χ1) is 7.63. The van der Waals surface area contributed by atoms with E-state index in [2.05, 4.69) is 4.74 Å². The van der Waals surface area contributed by atoms with Gasteiger partial charge in [-0.3, -0.25) is 0 Å². The van der Waals surface area contributed by atoms with E-state index in [1.54, 1.807) is 12.3 Å². The average Bonchev–Trinajstić information content (AvgIpc) is 2.30. The summed E-state index contributed by atoms with van der Waals surface area (Å²) >= 11 is 1.21. The number of hydrogen-bond donors (Lipinski definition) is 0. The smallest absolute Gasteiger partial charge is 0.341 e. The Morgan fingerprint density at radius 3 is 2.69 bits per heavy atom. The molecule has 1 aromatic carbocycles. The lowest BCUT2D eigenvalue weighted by Crippen LogP contribution is -2.06. The molecule has 0 saturated carbocycles. The Labute approximate surface area is 97.9 Å². The minimum Gasteiger partial charge on any atom is -0.494 e. The molecule has 0 aliphatic heterocycles. The normalized spacial score (nSPS) is 10.0. The first-order valence-corrected chi connectivity index (χ1v) is 5.95. The Morgan fingerprint density at radius 1 is 1.50 bits per heavy atom. The lowest BCUT2D eigenvalue weighted by Gasteiger charge is -2.09. The predicted molar refractivity (Wildman–Crippen MR) is 60.7 cm³/mol. The molecule has 0 atom stereocenters. The summed E-state index contributed by atoms with van der Waals surface area (Å²) < 4.78 is 23.5. The van der Waals surface area contributed by atoms with E-state index in [4.69, 9.17) is 4.74 Å². The van der Waals surface area contributed by atoms with E-state index < -0.39 is 11.8 Å². The van der Waals surface area contributed by atoms with Crippen LogP contribution in [0.4, 0.5) is 4.39 Å². The van der Waals surface area contributed by atoms with Gasteiger partial charge in [-0.1, -0.05) is 0 Å². The van der Waals surface area contributed by atoms with E-state index in [-0.39, 0.29) is 5.56 Å². The number of thioether (sulfide) groups is 1. The van der Waals surface area contributed by atoms with Crippen molar-refractivity contribution in [1.29, 1.82) is 0 Å². The number of carbonyl (C=O) groups is 1. The van der Waals surface area contributed by atoms with Gasteiger partial charge in [0, 0.05) is 4.90 Å². The summed E-state index contributed by atoms with van der Waals surface area (Å²) in [5, 5.41) is 0. The van der Waals surface area contributed by atoms with Crippen molar-refractivity contribution in [2.24, 2.45) is 0 Å². The molecule has 0 heterocycles. The summed E-state index contributed by atoms with van der Waals surface area (Å²) in [6.07, 6.45) is 1.73. The molecule has 0 aliphatic rings. The molecule has 0 fully saturated rings. The van der Waals surface area contributed by atoms with Crippen LogP contribution in [-0.2, 0) is 4.74 Å². The summed E-state index contributed by atoms with van der Waals surface area (Å²) in [4.78, 5) is 11.7. The molecule has 88 valence electrons. The highest BCUT2D eigenvalue weighted by molar-refractivity contribution is 7.98. The fraction of sp³-hybridized carbons (Fsp3) is 0.364. The summed E-state index contributed by atoms with van der Waals surface area (Å²) in [6.45, 7) is 2.28. The predicted octanol–water partition coefficient (Wildman–Crippen LogP) is 2.73. The first-order valence-electron chi connectivity index (χ1n) is 4.72. The molecule has 0 bridgehead atoms. The van der Waals surface area contributed by atoms with Crippen LogP contribution in [0.15, 0.2) is 17.0 Å². The Balaban J connectivity index is 3.24. The zero-order chi connectivity index (χ0) is 12.1. The molecule has 0 N–H and O–H groups in total. The topological polar surface area (TPSA) is 35.5 Å². The Bertz CT molecular complexity index is 393. The van der Waals surface area contributed by atoms with E-state index in [0.29, 0.717) is 17.3 Å². The average molecular weight is 244 g/mol. The number of hydrogen-bond acceptors (Lipinski definition) is 4. The van der Waals surface area contributed by atoms with Gasteiger partial charge in [0.2, 0.25) is 0 Å². The summed E-state index contributed by atoms with van der Waals surface area (Å²) in [6, 6.07) is 2.92. The Morgan fingerprint density at radius 2 is 2.19 bits per heavy atom. The fourth-order valence-corrected chi connectivity index (χ4v) is 1.75. The minimum absolute atomic E-state index is 0.0993. The van der Waals surface area contributed by atoms with Crippen LogP contribution < -0.4 is 4.74 Å². The fourth-order valence-electron chi connectivity index (χ4n) is 1.23. The third-order valence-corrected chi connectivity index (χ3v) is 2.69. The van der Waals surface area contributed by atoms with Gasteiger partial charge in [-0.25, -0.2) is 9.18 Å². The molecular weight excluding hydrogens is 231 g/mol. The van der Waals surface area contributed by atoms with Gasteiger partial charge in [0.25, 0.3) is 0 Å². The van der Waals surface area contributed by atoms with E-state index in [1.807, 2.05) is 6.92 Å². The molecule has 0 spiro atoms. The van der Waals surface area contributed by atoms with E-state index in [9.17, 15) is 9.18 Å². The number of ether oxygens (including phenoxy) is 2. The van der Waals surface area contributed by atoms with Crippen molar-refractivity contribution in [3.63, 3.8) is 0 Å².